The van der Waals surface area contributed by atoms with Crippen LogP contribution in [0.5, 0.6) is 5.75 Å². The number of nitrogens with zero attached hydrogens (tertiary/aromatic N) is 1. The number of likely N-dealkylation sites (tertiary alicyclic amines) is 1. The van der Waals surface area contributed by atoms with Gasteiger partial charge in [0.25, 0.3) is 0 Å². The number of ether oxygens (including phenoxy) is 1. The second-order valence-corrected chi connectivity index (χ2v) is 11.5. The summed E-state index contributed by atoms with van der Waals surface area (Å²) in [5.41, 5.74) is 0.975. The number of imide groups is 1. The number of para-hydroxylation sites is 1. The molecule has 0 radical (unpaired) electrons. The summed E-state index contributed by atoms with van der Waals surface area (Å²) in [6.45, 7) is 1.39. The molecule has 4 aliphatic rings. The molecule has 1 saturated heterocycles. The Morgan fingerprint density at radius 1 is 1.18 bits per heavy atom. The number of nitrogens with one attached hydrogen (secondary N) is 1. The summed E-state index contributed by atoms with van der Waals surface area (Å²) in [4.78, 5) is 55.3. The van der Waals surface area contributed by atoms with Crippen molar-refractivity contribution in [1.82, 2.24) is 9.88 Å². The van der Waals surface area contributed by atoms with E-state index >= 15 is 0 Å². The number of amides is 2. The lowest BCUT2D eigenvalue weighted by atomic mass is 9.68. The van der Waals surface area contributed by atoms with Crippen LogP contribution in [0.4, 0.5) is 0 Å². The van der Waals surface area contributed by atoms with Gasteiger partial charge in [-0.15, -0.1) is 11.8 Å². The van der Waals surface area contributed by atoms with Crippen LogP contribution in [0, 0.1) is 29.6 Å². The second kappa shape index (κ2) is 7.20. The maximum atomic E-state index is 13.4. The van der Waals surface area contributed by atoms with E-state index in [-0.39, 0.29) is 45.6 Å². The molecule has 1 aromatic heterocycles. The number of benzene rings is 1. The molecule has 2 N–H and O–H groups in total. The number of thiazole rings is 1. The minimum absolute atomic E-state index is 0.0359. The molecule has 2 amide bonds. The van der Waals surface area contributed by atoms with Crippen molar-refractivity contribution >= 4 is 40.9 Å². The zero-order chi connectivity index (χ0) is 23.2. The number of aromatic nitrogens is 1. The largest absolute Gasteiger partial charge is 0.496 e. The van der Waals surface area contributed by atoms with Crippen molar-refractivity contribution in [2.75, 3.05) is 7.11 Å². The van der Waals surface area contributed by atoms with Crippen molar-refractivity contribution in [2.24, 2.45) is 29.6 Å². The van der Waals surface area contributed by atoms with Gasteiger partial charge in [-0.2, -0.15) is 0 Å². The Labute approximate surface area is 197 Å². The summed E-state index contributed by atoms with van der Waals surface area (Å²) >= 11 is 2.80. The van der Waals surface area contributed by atoms with Crippen molar-refractivity contribution in [2.45, 2.75) is 35.6 Å². The number of fused-ring (bicyclic) bond motifs is 9. The van der Waals surface area contributed by atoms with Crippen molar-refractivity contribution < 1.29 is 24.2 Å². The molecule has 3 fully saturated rings. The Balaban J connectivity index is 1.47. The monoisotopic (exact) mass is 486 g/mol. The fourth-order valence-electron chi connectivity index (χ4n) is 6.80. The molecule has 1 aromatic carbocycles. The Kier molecular flexibility index (Phi) is 4.58. The number of thioether (sulfide) groups is 1. The third-order valence-corrected chi connectivity index (χ3v) is 10.6. The van der Waals surface area contributed by atoms with Crippen LogP contribution in [0.15, 0.2) is 34.1 Å². The van der Waals surface area contributed by atoms with Gasteiger partial charge in [0.2, 0.25) is 11.8 Å². The number of carbonyl (C=O) groups excluding carboxylic acids is 2. The maximum Gasteiger partial charge on any atom is 0.326 e. The van der Waals surface area contributed by atoms with Crippen LogP contribution in [-0.2, 0) is 14.4 Å². The van der Waals surface area contributed by atoms with Crippen LogP contribution in [0.25, 0.3) is 0 Å². The maximum absolute atomic E-state index is 13.4. The van der Waals surface area contributed by atoms with Crippen LogP contribution in [-0.4, -0.2) is 51.2 Å². The second-order valence-electron chi connectivity index (χ2n) is 9.26. The predicted molar refractivity (Wildman–Crippen MR) is 120 cm³/mol. The number of hydrogen-bond acceptors (Lipinski definition) is 7. The van der Waals surface area contributed by atoms with Crippen molar-refractivity contribution in [3.63, 3.8) is 0 Å². The number of carbonyl (C=O) groups is 3. The van der Waals surface area contributed by atoms with Crippen molar-refractivity contribution in [3.05, 3.63) is 44.4 Å². The Hall–Kier alpha value is -2.59. The molecule has 0 spiro atoms. The van der Waals surface area contributed by atoms with Gasteiger partial charge in [-0.25, -0.2) is 4.79 Å². The van der Waals surface area contributed by atoms with Gasteiger partial charge in [0.15, 0.2) is 0 Å². The first-order chi connectivity index (χ1) is 15.8. The molecule has 0 unspecified atom stereocenters. The van der Waals surface area contributed by atoms with Crippen molar-refractivity contribution in [1.29, 1.82) is 0 Å². The Bertz CT molecular complexity index is 1250. The van der Waals surface area contributed by atoms with Crippen LogP contribution in [0.1, 0.15) is 29.7 Å². The van der Waals surface area contributed by atoms with Crippen LogP contribution >= 0.6 is 23.1 Å². The van der Waals surface area contributed by atoms with Gasteiger partial charge in [0.1, 0.15) is 11.8 Å². The van der Waals surface area contributed by atoms with E-state index in [1.165, 1.54) is 18.3 Å². The summed E-state index contributed by atoms with van der Waals surface area (Å²) in [5.74, 6) is -2.32. The highest BCUT2D eigenvalue weighted by atomic mass is 32.2. The normalized spacial score (nSPS) is 34.7. The van der Waals surface area contributed by atoms with Gasteiger partial charge in [-0.05, 0) is 37.2 Å². The minimum atomic E-state index is -1.18. The van der Waals surface area contributed by atoms with E-state index in [0.717, 1.165) is 32.5 Å². The van der Waals surface area contributed by atoms with Crippen molar-refractivity contribution in [3.8, 4) is 5.75 Å². The molecule has 2 aromatic rings. The molecular formula is C23H22N2O6S2. The zero-order valence-corrected chi connectivity index (χ0v) is 19.5. The lowest BCUT2D eigenvalue weighted by molar-refractivity contribution is -0.154. The first kappa shape index (κ1) is 21.0. The summed E-state index contributed by atoms with van der Waals surface area (Å²) < 4.78 is 5.66. The number of hydrogen-bond donors (Lipinski definition) is 2. The highest BCUT2D eigenvalue weighted by Gasteiger charge is 2.70. The summed E-state index contributed by atoms with van der Waals surface area (Å²) in [5, 5.41) is 10.4. The average Bonchev–Trinajstić information content (AvgIpc) is 3.52. The van der Waals surface area contributed by atoms with E-state index in [1.54, 1.807) is 18.9 Å². The number of aromatic amines is 1. The Morgan fingerprint density at radius 2 is 1.88 bits per heavy atom. The van der Waals surface area contributed by atoms with E-state index in [4.69, 9.17) is 4.74 Å². The van der Waals surface area contributed by atoms with Gasteiger partial charge in [-0.3, -0.25) is 19.3 Å². The van der Waals surface area contributed by atoms with Gasteiger partial charge >= 0.3 is 10.8 Å². The van der Waals surface area contributed by atoms with Gasteiger partial charge in [0, 0.05) is 21.6 Å². The molecule has 8 atom stereocenters. The molecule has 2 bridgehead atoms. The Morgan fingerprint density at radius 3 is 2.58 bits per heavy atom. The lowest BCUT2D eigenvalue weighted by Crippen LogP contribution is -2.44. The van der Waals surface area contributed by atoms with E-state index in [9.17, 15) is 24.3 Å². The first-order valence-electron chi connectivity index (χ1n) is 11.0. The van der Waals surface area contributed by atoms with Crippen LogP contribution in [0.2, 0.25) is 0 Å². The quantitative estimate of drug-likeness (QED) is 0.638. The number of methoxy groups -OCH3 is 1. The SMILES string of the molecule is COc1ccccc1[C@@H]1c2sc(=O)[nH]c2S[C@@H]2[C@H]3C[C@@H]([C@@H]4C(=O)N([C@@H](C)C(=O)O)C(=O)[C@@H]34)[C@@H]12. The molecule has 2 aliphatic carbocycles. The third-order valence-electron chi connectivity index (χ3n) is 7.98. The fourth-order valence-corrected chi connectivity index (χ4v) is 9.68. The van der Waals surface area contributed by atoms with E-state index in [1.807, 2.05) is 24.3 Å². The first-order valence-corrected chi connectivity index (χ1v) is 12.7. The number of carboxylic acid groups (broad SMARTS) is 1. The molecule has 6 rings (SSSR count). The third kappa shape index (κ3) is 2.70. The average molecular weight is 487 g/mol. The van der Waals surface area contributed by atoms with E-state index < -0.39 is 23.8 Å². The highest BCUT2D eigenvalue weighted by molar-refractivity contribution is 8.00. The smallest absolute Gasteiger partial charge is 0.326 e. The van der Waals surface area contributed by atoms with Crippen LogP contribution < -0.4 is 9.61 Å². The molecular weight excluding hydrogens is 464 g/mol. The fraction of sp³-hybridized carbons (Fsp3) is 0.478. The summed E-state index contributed by atoms with van der Waals surface area (Å²) in [6.07, 6.45) is 0.759. The predicted octanol–water partition coefficient (Wildman–Crippen LogP) is 2.39. The number of aliphatic carboxylic acids is 1. The number of carboxylic acids is 1. The number of rotatable bonds is 4. The molecule has 33 heavy (non-hydrogen) atoms. The van der Waals surface area contributed by atoms with Gasteiger partial charge in [0.05, 0.1) is 24.0 Å². The lowest BCUT2D eigenvalue weighted by Gasteiger charge is -2.43. The van der Waals surface area contributed by atoms with E-state index in [2.05, 4.69) is 4.98 Å². The number of H-pyrrole nitrogens is 1. The van der Waals surface area contributed by atoms with Gasteiger partial charge in [-0.1, -0.05) is 29.5 Å². The molecule has 172 valence electrons. The summed E-state index contributed by atoms with van der Waals surface area (Å²) in [6, 6.07) is 6.58. The molecule has 3 heterocycles. The molecule has 10 heteroatoms. The minimum Gasteiger partial charge on any atom is -0.496 e. The highest BCUT2D eigenvalue weighted by Crippen LogP contribution is 2.69. The summed E-state index contributed by atoms with van der Waals surface area (Å²) in [7, 11) is 1.62. The standard InChI is InChI=1S/C23H22N2O6S2/c1-8(22(28)29)25-20(26)15-10-7-11(16(15)21(25)27)17-14(10)13(9-5-3-4-6-12(9)31-2)18-19(32-17)24-23(30)33-18/h3-6,8,10-11,13-17H,7H2,1-2H3,(H,24,30)(H,28,29)/t8-,10+,11-,13-,14-,15-,16-,17+/m0/s1. The topological polar surface area (TPSA) is 117 Å². The zero-order valence-electron chi connectivity index (χ0n) is 17.9. The molecule has 2 aliphatic heterocycles. The van der Waals surface area contributed by atoms with E-state index in [0.29, 0.717) is 0 Å². The molecule has 8 nitrogen and oxygen atoms in total. The van der Waals surface area contributed by atoms with Crippen LogP contribution in [0.3, 0.4) is 0 Å². The van der Waals surface area contributed by atoms with Gasteiger partial charge < -0.3 is 14.8 Å². The molecule has 2 saturated carbocycles.